The maximum absolute atomic E-state index is 10.3. The average molecular weight is 230 g/mol. The van der Waals surface area contributed by atoms with Gasteiger partial charge in [-0.05, 0) is 6.07 Å². The van der Waals surface area contributed by atoms with Crippen LogP contribution in [0.3, 0.4) is 0 Å². The smallest absolute Gasteiger partial charge is 0.312 e. The van der Waals surface area contributed by atoms with Gasteiger partial charge in [-0.3, -0.25) is 0 Å². The molecule has 0 aliphatic rings. The minimum atomic E-state index is -0.562. The first-order valence-electron chi connectivity index (χ1n) is 4.28. The van der Waals surface area contributed by atoms with Gasteiger partial charge in [0.15, 0.2) is 0 Å². The number of aromatic nitrogens is 1. The number of hydrogen-bond donors (Lipinski definition) is 4. The molecule has 0 aromatic carbocycles. The van der Waals surface area contributed by atoms with Crippen molar-refractivity contribution in [3.63, 3.8) is 0 Å². The third-order valence-corrected chi connectivity index (χ3v) is 1.87. The van der Waals surface area contributed by atoms with E-state index in [-0.39, 0.29) is 0 Å². The van der Waals surface area contributed by atoms with Gasteiger partial charge >= 0.3 is 6.03 Å². The van der Waals surface area contributed by atoms with Crippen LogP contribution in [0.5, 0.6) is 0 Å². The molecule has 0 radical (unpaired) electrons. The summed E-state index contributed by atoms with van der Waals surface area (Å²) in [6, 6.07) is 1.03. The lowest BCUT2D eigenvalue weighted by atomic mass is 10.4. The Bertz CT molecular complexity index is 357. The largest absolute Gasteiger partial charge is 0.397 e. The van der Waals surface area contributed by atoms with E-state index in [9.17, 15) is 4.79 Å². The predicted molar refractivity (Wildman–Crippen MR) is 59.7 cm³/mol. The summed E-state index contributed by atoms with van der Waals surface area (Å²) in [5.74, 6) is 0.525. The Labute approximate surface area is 92.0 Å². The second-order valence-corrected chi connectivity index (χ2v) is 3.22. The Morgan fingerprint density at radius 1 is 1.53 bits per heavy atom. The van der Waals surface area contributed by atoms with E-state index in [1.54, 1.807) is 6.07 Å². The van der Waals surface area contributed by atoms with Crippen molar-refractivity contribution in [1.82, 2.24) is 10.3 Å². The first-order valence-corrected chi connectivity index (χ1v) is 4.65. The van der Waals surface area contributed by atoms with Crippen LogP contribution in [0.25, 0.3) is 0 Å². The van der Waals surface area contributed by atoms with Crippen LogP contribution in [0, 0.1) is 0 Å². The van der Waals surface area contributed by atoms with E-state index in [1.807, 2.05) is 0 Å². The zero-order chi connectivity index (χ0) is 11.3. The van der Waals surface area contributed by atoms with E-state index in [0.717, 1.165) is 0 Å². The number of nitrogen functional groups attached to an aromatic ring is 1. The number of nitrogens with two attached hydrogens (primary N) is 2. The first-order chi connectivity index (χ1) is 7.09. The number of anilines is 2. The van der Waals surface area contributed by atoms with Crippen molar-refractivity contribution < 1.29 is 4.79 Å². The zero-order valence-corrected chi connectivity index (χ0v) is 8.71. The molecule has 1 aromatic rings. The van der Waals surface area contributed by atoms with Crippen LogP contribution in [0.4, 0.5) is 16.3 Å². The van der Waals surface area contributed by atoms with Crippen LogP contribution < -0.4 is 22.1 Å². The van der Waals surface area contributed by atoms with E-state index in [4.69, 9.17) is 23.1 Å². The molecule has 0 aliphatic carbocycles. The Kier molecular flexibility index (Phi) is 3.99. The molecular weight excluding hydrogens is 218 g/mol. The summed E-state index contributed by atoms with van der Waals surface area (Å²) in [6.07, 6.45) is 1.50. The number of halogens is 1. The van der Waals surface area contributed by atoms with Gasteiger partial charge in [0.25, 0.3) is 0 Å². The number of carbonyl (C=O) groups excluding carboxylic acids is 1. The van der Waals surface area contributed by atoms with Crippen LogP contribution in [0.15, 0.2) is 12.3 Å². The standard InChI is InChI=1S/C8H12ClN5O/c9-6-3-5(10)4-14-7(6)12-1-2-13-8(11)15/h3-4H,1-2,10H2,(H,12,14)(H3,11,13,15). The highest BCUT2D eigenvalue weighted by Gasteiger charge is 2.01. The van der Waals surface area contributed by atoms with E-state index in [0.29, 0.717) is 29.6 Å². The van der Waals surface area contributed by atoms with Crippen LogP contribution in [-0.2, 0) is 0 Å². The lowest BCUT2D eigenvalue weighted by molar-refractivity contribution is 0.249. The van der Waals surface area contributed by atoms with Crippen LogP contribution in [0.2, 0.25) is 5.02 Å². The molecule has 82 valence electrons. The molecule has 0 saturated carbocycles. The molecule has 7 heteroatoms. The highest BCUT2D eigenvalue weighted by molar-refractivity contribution is 6.33. The molecule has 6 N–H and O–H groups in total. The maximum Gasteiger partial charge on any atom is 0.312 e. The van der Waals surface area contributed by atoms with Crippen molar-refractivity contribution in [3.05, 3.63) is 17.3 Å². The fourth-order valence-electron chi connectivity index (χ4n) is 0.949. The van der Waals surface area contributed by atoms with Crippen molar-refractivity contribution in [2.45, 2.75) is 0 Å². The molecule has 1 rings (SSSR count). The third kappa shape index (κ3) is 3.90. The number of rotatable bonds is 4. The number of carbonyl (C=O) groups is 1. The fourth-order valence-corrected chi connectivity index (χ4v) is 1.19. The van der Waals surface area contributed by atoms with E-state index >= 15 is 0 Å². The first kappa shape index (κ1) is 11.4. The molecule has 2 amide bonds. The number of hydrogen-bond acceptors (Lipinski definition) is 4. The minimum Gasteiger partial charge on any atom is -0.397 e. The van der Waals surface area contributed by atoms with Gasteiger partial charge in [0.1, 0.15) is 5.82 Å². The van der Waals surface area contributed by atoms with Gasteiger partial charge in [0.05, 0.1) is 16.9 Å². The molecule has 0 spiro atoms. The summed E-state index contributed by atoms with van der Waals surface area (Å²) in [7, 11) is 0. The molecule has 0 unspecified atom stereocenters. The van der Waals surface area contributed by atoms with Crippen LogP contribution in [-0.4, -0.2) is 24.1 Å². The van der Waals surface area contributed by atoms with Gasteiger partial charge in [0, 0.05) is 13.1 Å². The van der Waals surface area contributed by atoms with Crippen molar-refractivity contribution in [3.8, 4) is 0 Å². The number of nitrogens with zero attached hydrogens (tertiary/aromatic N) is 1. The summed E-state index contributed by atoms with van der Waals surface area (Å²) < 4.78 is 0. The highest BCUT2D eigenvalue weighted by atomic mass is 35.5. The van der Waals surface area contributed by atoms with Crippen LogP contribution >= 0.6 is 11.6 Å². The molecule has 0 atom stereocenters. The number of primary amides is 1. The lowest BCUT2D eigenvalue weighted by Gasteiger charge is -2.07. The molecular formula is C8H12ClN5O. The van der Waals surface area contributed by atoms with E-state index in [2.05, 4.69) is 15.6 Å². The van der Waals surface area contributed by atoms with Crippen molar-refractivity contribution in [2.24, 2.45) is 5.73 Å². The van der Waals surface area contributed by atoms with Crippen LogP contribution in [0.1, 0.15) is 0 Å². The Balaban J connectivity index is 2.40. The Hall–Kier alpha value is -1.69. The molecule has 0 saturated heterocycles. The summed E-state index contributed by atoms with van der Waals surface area (Å²) >= 11 is 5.85. The van der Waals surface area contributed by atoms with E-state index < -0.39 is 6.03 Å². The third-order valence-electron chi connectivity index (χ3n) is 1.58. The minimum absolute atomic E-state index is 0.401. The molecule has 1 heterocycles. The van der Waals surface area contributed by atoms with E-state index in [1.165, 1.54) is 6.20 Å². The molecule has 0 bridgehead atoms. The highest BCUT2D eigenvalue weighted by Crippen LogP contribution is 2.20. The summed E-state index contributed by atoms with van der Waals surface area (Å²) in [5.41, 5.74) is 10.9. The van der Waals surface area contributed by atoms with Gasteiger partial charge in [-0.15, -0.1) is 0 Å². The van der Waals surface area contributed by atoms with Crippen molar-refractivity contribution >= 4 is 29.1 Å². The summed E-state index contributed by atoms with van der Waals surface area (Å²) in [5, 5.41) is 5.79. The second-order valence-electron chi connectivity index (χ2n) is 2.82. The fraction of sp³-hybridized carbons (Fsp3) is 0.250. The average Bonchev–Trinajstić information content (AvgIpc) is 2.14. The van der Waals surface area contributed by atoms with Gasteiger partial charge in [-0.2, -0.15) is 0 Å². The Morgan fingerprint density at radius 3 is 2.87 bits per heavy atom. The Morgan fingerprint density at radius 2 is 2.27 bits per heavy atom. The maximum atomic E-state index is 10.3. The second kappa shape index (κ2) is 5.26. The molecule has 6 nitrogen and oxygen atoms in total. The predicted octanol–water partition coefficient (Wildman–Crippen LogP) is 0.397. The number of nitrogens with one attached hydrogen (secondary N) is 2. The molecule has 0 aliphatic heterocycles. The SMILES string of the molecule is NC(=O)NCCNc1ncc(N)cc1Cl. The van der Waals surface area contributed by atoms with Gasteiger partial charge in [-0.25, -0.2) is 9.78 Å². The lowest BCUT2D eigenvalue weighted by Crippen LogP contribution is -2.33. The monoisotopic (exact) mass is 229 g/mol. The number of pyridine rings is 1. The summed E-state index contributed by atoms with van der Waals surface area (Å²) in [4.78, 5) is 14.3. The van der Waals surface area contributed by atoms with Crippen molar-refractivity contribution in [2.75, 3.05) is 24.1 Å². The van der Waals surface area contributed by atoms with Crippen molar-refractivity contribution in [1.29, 1.82) is 0 Å². The quantitative estimate of drug-likeness (QED) is 0.561. The number of amides is 2. The number of urea groups is 1. The normalized spacial score (nSPS) is 9.67. The summed E-state index contributed by atoms with van der Waals surface area (Å²) in [6.45, 7) is 0.886. The van der Waals surface area contributed by atoms with Gasteiger partial charge in [0.2, 0.25) is 0 Å². The molecule has 15 heavy (non-hydrogen) atoms. The molecule has 0 fully saturated rings. The topological polar surface area (TPSA) is 106 Å². The van der Waals surface area contributed by atoms with Gasteiger partial charge < -0.3 is 22.1 Å². The van der Waals surface area contributed by atoms with Gasteiger partial charge in [-0.1, -0.05) is 11.6 Å². The zero-order valence-electron chi connectivity index (χ0n) is 7.96. The molecule has 1 aromatic heterocycles.